The molecule has 108 valence electrons. The third-order valence-electron chi connectivity index (χ3n) is 3.53. The summed E-state index contributed by atoms with van der Waals surface area (Å²) in [5.74, 6) is 0.467. The summed E-state index contributed by atoms with van der Waals surface area (Å²) < 4.78 is 0. The van der Waals surface area contributed by atoms with Crippen LogP contribution in [0.1, 0.15) is 12.0 Å². The molecule has 0 saturated heterocycles. The number of aromatic nitrogens is 1. The highest BCUT2D eigenvalue weighted by Gasteiger charge is 2.24. The average Bonchev–Trinajstić information content (AvgIpc) is 2.53. The van der Waals surface area contributed by atoms with Gasteiger partial charge in [-0.1, -0.05) is 30.0 Å². The Morgan fingerprint density at radius 3 is 3.00 bits per heavy atom. The van der Waals surface area contributed by atoms with Gasteiger partial charge in [-0.2, -0.15) is 0 Å². The van der Waals surface area contributed by atoms with Gasteiger partial charge in [0.25, 0.3) is 0 Å². The van der Waals surface area contributed by atoms with Crippen LogP contribution >= 0.6 is 11.8 Å². The van der Waals surface area contributed by atoms with Gasteiger partial charge in [-0.15, -0.1) is 0 Å². The van der Waals surface area contributed by atoms with Crippen LogP contribution in [0.2, 0.25) is 0 Å². The molecule has 0 fully saturated rings. The van der Waals surface area contributed by atoms with Crippen molar-refractivity contribution >= 4 is 29.0 Å². The Kier molecular flexibility index (Phi) is 4.10. The van der Waals surface area contributed by atoms with Crippen molar-refractivity contribution in [2.45, 2.75) is 17.9 Å². The fraction of sp³-hybridized carbons (Fsp3) is 0.250. The second-order valence-electron chi connectivity index (χ2n) is 4.96. The predicted molar refractivity (Wildman–Crippen MR) is 86.5 cm³/mol. The molecular weight excluding hydrogens is 282 g/mol. The highest BCUT2D eigenvalue weighted by atomic mass is 32.2. The molecule has 1 aliphatic rings. The maximum Gasteiger partial charge on any atom is 0.237 e. The number of thioether (sulfide) groups is 1. The number of nitrogen functional groups attached to an aromatic ring is 1. The summed E-state index contributed by atoms with van der Waals surface area (Å²) >= 11 is 1.46. The molecule has 2 aromatic rings. The van der Waals surface area contributed by atoms with Gasteiger partial charge >= 0.3 is 0 Å². The number of hydrogen-bond acceptors (Lipinski definition) is 4. The van der Waals surface area contributed by atoms with E-state index in [1.54, 1.807) is 6.20 Å². The molecule has 1 amide bonds. The van der Waals surface area contributed by atoms with Crippen molar-refractivity contribution in [2.24, 2.45) is 0 Å². The molecule has 0 saturated carbocycles. The number of aryl methyl sites for hydroxylation is 1. The van der Waals surface area contributed by atoms with Gasteiger partial charge in [0.1, 0.15) is 0 Å². The molecular formula is C16H17N3OS. The molecule has 0 spiro atoms. The minimum absolute atomic E-state index is 0.0875. The van der Waals surface area contributed by atoms with Crippen LogP contribution in [0.25, 0.3) is 0 Å². The lowest BCUT2D eigenvalue weighted by Gasteiger charge is -2.30. The SMILES string of the molecule is Nc1cccc2c1N(C(=O)CSc1ccccn1)CCC2. The van der Waals surface area contributed by atoms with Crippen molar-refractivity contribution in [1.29, 1.82) is 0 Å². The van der Waals surface area contributed by atoms with Crippen molar-refractivity contribution < 1.29 is 4.79 Å². The Morgan fingerprint density at radius 1 is 1.29 bits per heavy atom. The zero-order chi connectivity index (χ0) is 14.7. The molecule has 1 aliphatic heterocycles. The number of para-hydroxylation sites is 1. The molecule has 2 N–H and O–H groups in total. The van der Waals surface area contributed by atoms with Crippen LogP contribution in [0.15, 0.2) is 47.6 Å². The van der Waals surface area contributed by atoms with E-state index in [0.717, 1.165) is 35.7 Å². The number of rotatable bonds is 3. The smallest absolute Gasteiger partial charge is 0.237 e. The van der Waals surface area contributed by atoms with Gasteiger partial charge in [0.15, 0.2) is 0 Å². The molecule has 5 heteroatoms. The van der Waals surface area contributed by atoms with Gasteiger partial charge in [-0.05, 0) is 36.6 Å². The first-order chi connectivity index (χ1) is 10.3. The number of carbonyl (C=O) groups is 1. The fourth-order valence-corrected chi connectivity index (χ4v) is 3.31. The number of pyridine rings is 1. The summed E-state index contributed by atoms with van der Waals surface area (Å²) in [6.45, 7) is 0.739. The van der Waals surface area contributed by atoms with E-state index in [2.05, 4.69) is 11.1 Å². The Balaban J connectivity index is 1.75. The van der Waals surface area contributed by atoms with Crippen LogP contribution in [0.5, 0.6) is 0 Å². The van der Waals surface area contributed by atoms with E-state index in [-0.39, 0.29) is 5.91 Å². The molecule has 0 radical (unpaired) electrons. The average molecular weight is 299 g/mol. The lowest BCUT2D eigenvalue weighted by atomic mass is 10.0. The number of anilines is 2. The van der Waals surface area contributed by atoms with Crippen LogP contribution < -0.4 is 10.6 Å². The monoisotopic (exact) mass is 299 g/mol. The number of amides is 1. The summed E-state index contributed by atoms with van der Waals surface area (Å²) in [4.78, 5) is 18.6. The van der Waals surface area contributed by atoms with E-state index in [1.165, 1.54) is 11.8 Å². The van der Waals surface area contributed by atoms with Crippen molar-refractivity contribution in [3.05, 3.63) is 48.2 Å². The van der Waals surface area contributed by atoms with Crippen LogP contribution in [-0.4, -0.2) is 23.2 Å². The lowest BCUT2D eigenvalue weighted by molar-refractivity contribution is -0.116. The second kappa shape index (κ2) is 6.18. The number of nitrogens with zero attached hydrogens (tertiary/aromatic N) is 2. The van der Waals surface area contributed by atoms with Gasteiger partial charge in [0.2, 0.25) is 5.91 Å². The first kappa shape index (κ1) is 13.9. The van der Waals surface area contributed by atoms with E-state index >= 15 is 0 Å². The topological polar surface area (TPSA) is 59.2 Å². The summed E-state index contributed by atoms with van der Waals surface area (Å²) in [5.41, 5.74) is 8.81. The molecule has 0 unspecified atom stereocenters. The maximum absolute atomic E-state index is 12.5. The molecule has 4 nitrogen and oxygen atoms in total. The normalized spacial score (nSPS) is 13.8. The molecule has 0 aliphatic carbocycles. The van der Waals surface area contributed by atoms with E-state index in [0.29, 0.717) is 11.4 Å². The molecule has 1 aromatic heterocycles. The van der Waals surface area contributed by atoms with E-state index in [4.69, 9.17) is 5.73 Å². The molecule has 0 bridgehead atoms. The molecule has 0 atom stereocenters. The third kappa shape index (κ3) is 3.03. The maximum atomic E-state index is 12.5. The highest BCUT2D eigenvalue weighted by Crippen LogP contribution is 2.33. The standard InChI is InChI=1S/C16H17N3OS/c17-13-7-3-5-12-6-4-10-19(16(12)13)15(20)11-21-14-8-1-2-9-18-14/h1-3,5,7-9H,4,6,10-11,17H2. The largest absolute Gasteiger partial charge is 0.397 e. The van der Waals surface area contributed by atoms with Crippen LogP contribution in [0.4, 0.5) is 11.4 Å². The Hall–Kier alpha value is -2.01. The highest BCUT2D eigenvalue weighted by molar-refractivity contribution is 7.99. The summed E-state index contributed by atoms with van der Waals surface area (Å²) in [5, 5.41) is 0.865. The fourth-order valence-electron chi connectivity index (χ4n) is 2.58. The number of nitrogens with two attached hydrogens (primary N) is 1. The van der Waals surface area contributed by atoms with Crippen molar-refractivity contribution in [2.75, 3.05) is 22.9 Å². The van der Waals surface area contributed by atoms with Gasteiger partial charge in [0.05, 0.1) is 22.2 Å². The van der Waals surface area contributed by atoms with Crippen LogP contribution in [0.3, 0.4) is 0 Å². The van der Waals surface area contributed by atoms with Crippen molar-refractivity contribution in [1.82, 2.24) is 4.98 Å². The lowest BCUT2D eigenvalue weighted by Crippen LogP contribution is -2.37. The van der Waals surface area contributed by atoms with Gasteiger partial charge < -0.3 is 10.6 Å². The minimum atomic E-state index is 0.0875. The summed E-state index contributed by atoms with van der Waals surface area (Å²) in [6.07, 6.45) is 3.70. The van der Waals surface area contributed by atoms with E-state index in [1.807, 2.05) is 35.2 Å². The first-order valence-corrected chi connectivity index (χ1v) is 7.96. The number of hydrogen-bond donors (Lipinski definition) is 1. The van der Waals surface area contributed by atoms with Gasteiger partial charge in [-0.25, -0.2) is 4.98 Å². The molecule has 2 heterocycles. The first-order valence-electron chi connectivity index (χ1n) is 6.97. The quantitative estimate of drug-likeness (QED) is 0.699. The minimum Gasteiger partial charge on any atom is -0.397 e. The molecule has 3 rings (SSSR count). The predicted octanol–water partition coefficient (Wildman–Crippen LogP) is 2.74. The summed E-state index contributed by atoms with van der Waals surface area (Å²) in [7, 11) is 0. The van der Waals surface area contributed by atoms with E-state index in [9.17, 15) is 4.79 Å². The zero-order valence-corrected chi connectivity index (χ0v) is 12.5. The Morgan fingerprint density at radius 2 is 2.19 bits per heavy atom. The van der Waals surface area contributed by atoms with Crippen molar-refractivity contribution in [3.63, 3.8) is 0 Å². The van der Waals surface area contributed by atoms with Gasteiger partial charge in [-0.3, -0.25) is 4.79 Å². The Labute approximate surface area is 128 Å². The van der Waals surface area contributed by atoms with Gasteiger partial charge in [0, 0.05) is 12.7 Å². The van der Waals surface area contributed by atoms with Crippen molar-refractivity contribution in [3.8, 4) is 0 Å². The zero-order valence-electron chi connectivity index (χ0n) is 11.7. The Bertz CT molecular complexity index is 645. The van der Waals surface area contributed by atoms with Crippen LogP contribution in [0, 0.1) is 0 Å². The summed E-state index contributed by atoms with van der Waals surface area (Å²) in [6, 6.07) is 11.6. The van der Waals surface area contributed by atoms with Crippen LogP contribution in [-0.2, 0) is 11.2 Å². The number of benzene rings is 1. The van der Waals surface area contributed by atoms with E-state index < -0.39 is 0 Å². The number of fused-ring (bicyclic) bond motifs is 1. The number of carbonyl (C=O) groups excluding carboxylic acids is 1. The molecule has 21 heavy (non-hydrogen) atoms. The third-order valence-corrected chi connectivity index (χ3v) is 4.46. The molecule has 1 aromatic carbocycles. The second-order valence-corrected chi connectivity index (χ2v) is 5.96.